The molecule has 0 radical (unpaired) electrons. The monoisotopic (exact) mass is 362 g/mol. The molecule has 1 fully saturated rings. The van der Waals surface area contributed by atoms with Crippen LogP contribution in [0.5, 0.6) is 0 Å². The quantitative estimate of drug-likeness (QED) is 0.864. The van der Waals surface area contributed by atoms with Crippen molar-refractivity contribution in [3.05, 3.63) is 27.7 Å². The molecule has 0 amide bonds. The van der Waals surface area contributed by atoms with E-state index < -0.39 is 26.6 Å². The van der Waals surface area contributed by atoms with Crippen molar-refractivity contribution in [3.63, 3.8) is 0 Å². The molecule has 3 N–H and O–H groups in total. The van der Waals surface area contributed by atoms with Crippen LogP contribution in [-0.2, 0) is 16.6 Å². The van der Waals surface area contributed by atoms with Crippen LogP contribution in [-0.4, -0.2) is 20.1 Å². The van der Waals surface area contributed by atoms with Crippen LogP contribution in [0, 0.1) is 0 Å². The Kier molecular flexibility index (Phi) is 4.23. The second-order valence-electron chi connectivity index (χ2n) is 4.73. The maximum Gasteiger partial charge on any atom is 0.407 e. The molecule has 118 valence electrons. The number of sulfonamides is 1. The Morgan fingerprint density at radius 1 is 1.29 bits per heavy atom. The molecule has 1 aliphatic carbocycles. The summed E-state index contributed by atoms with van der Waals surface area (Å²) < 4.78 is 64.6. The zero-order valence-corrected chi connectivity index (χ0v) is 12.8. The SMILES string of the molecule is NCc1c(Cl)ccc(S(=O)(=O)NC2(C(F)(F)F)CC2)c1Cl. The van der Waals surface area contributed by atoms with E-state index in [0.29, 0.717) is 0 Å². The minimum Gasteiger partial charge on any atom is -0.326 e. The van der Waals surface area contributed by atoms with Gasteiger partial charge in [-0.3, -0.25) is 0 Å². The molecular weight excluding hydrogens is 352 g/mol. The molecule has 4 nitrogen and oxygen atoms in total. The van der Waals surface area contributed by atoms with Gasteiger partial charge in [0.1, 0.15) is 10.4 Å². The topological polar surface area (TPSA) is 72.2 Å². The standard InChI is InChI=1S/C11H11Cl2F3N2O2S/c12-7-1-2-8(9(13)6(7)5-17)21(19,20)18-10(3-4-10)11(14,15)16/h1-2,18H,3-5,17H2. The number of hydrogen-bond acceptors (Lipinski definition) is 3. The Balaban J connectivity index is 2.43. The molecule has 0 spiro atoms. The lowest BCUT2D eigenvalue weighted by molar-refractivity contribution is -0.160. The molecule has 0 bridgehead atoms. The van der Waals surface area contributed by atoms with E-state index >= 15 is 0 Å². The van der Waals surface area contributed by atoms with E-state index in [1.54, 1.807) is 4.72 Å². The second kappa shape index (κ2) is 5.27. The van der Waals surface area contributed by atoms with Crippen molar-refractivity contribution in [1.82, 2.24) is 4.72 Å². The number of nitrogens with one attached hydrogen (secondary N) is 1. The van der Waals surface area contributed by atoms with Gasteiger partial charge >= 0.3 is 6.18 Å². The summed E-state index contributed by atoms with van der Waals surface area (Å²) in [7, 11) is -4.43. The smallest absolute Gasteiger partial charge is 0.326 e. The van der Waals surface area contributed by atoms with Gasteiger partial charge in [-0.25, -0.2) is 8.42 Å². The van der Waals surface area contributed by atoms with Crippen molar-refractivity contribution in [2.45, 2.75) is 36.0 Å². The van der Waals surface area contributed by atoms with Crippen molar-refractivity contribution in [2.75, 3.05) is 0 Å². The molecule has 10 heteroatoms. The van der Waals surface area contributed by atoms with Crippen LogP contribution in [0.3, 0.4) is 0 Å². The fraction of sp³-hybridized carbons (Fsp3) is 0.455. The highest BCUT2D eigenvalue weighted by Crippen LogP contribution is 2.50. The molecule has 21 heavy (non-hydrogen) atoms. The summed E-state index contributed by atoms with van der Waals surface area (Å²) >= 11 is 11.7. The first-order valence-corrected chi connectivity index (χ1v) is 8.06. The molecule has 1 aliphatic rings. The lowest BCUT2D eigenvalue weighted by Gasteiger charge is -2.21. The molecule has 0 atom stereocenters. The Morgan fingerprint density at radius 3 is 2.29 bits per heavy atom. The van der Waals surface area contributed by atoms with Gasteiger partial charge in [0.15, 0.2) is 0 Å². The number of nitrogens with two attached hydrogens (primary N) is 1. The summed E-state index contributed by atoms with van der Waals surface area (Å²) in [6, 6.07) is 2.29. The minimum atomic E-state index is -4.66. The molecule has 0 aliphatic heterocycles. The van der Waals surface area contributed by atoms with Gasteiger partial charge in [-0.15, -0.1) is 0 Å². The third kappa shape index (κ3) is 3.00. The summed E-state index contributed by atoms with van der Waals surface area (Å²) in [6.45, 7) is -0.133. The molecule has 1 saturated carbocycles. The van der Waals surface area contributed by atoms with E-state index in [9.17, 15) is 21.6 Å². The fourth-order valence-electron chi connectivity index (χ4n) is 1.85. The number of benzene rings is 1. The van der Waals surface area contributed by atoms with Crippen LogP contribution in [0.1, 0.15) is 18.4 Å². The summed E-state index contributed by atoms with van der Waals surface area (Å²) in [4.78, 5) is -0.468. The van der Waals surface area contributed by atoms with E-state index in [1.807, 2.05) is 0 Å². The fourth-order valence-corrected chi connectivity index (χ4v) is 4.23. The predicted molar refractivity (Wildman–Crippen MR) is 72.7 cm³/mol. The summed E-state index contributed by atoms with van der Waals surface area (Å²) in [6.07, 6.45) is -5.26. The van der Waals surface area contributed by atoms with E-state index in [-0.39, 0.29) is 35.0 Å². The van der Waals surface area contributed by atoms with Crippen molar-refractivity contribution >= 4 is 33.2 Å². The third-order valence-electron chi connectivity index (χ3n) is 3.27. The average Bonchev–Trinajstić information content (AvgIpc) is 3.08. The number of rotatable bonds is 4. The van der Waals surface area contributed by atoms with Crippen molar-refractivity contribution in [1.29, 1.82) is 0 Å². The van der Waals surface area contributed by atoms with E-state index in [0.717, 1.165) is 6.07 Å². The Labute approximate surface area is 129 Å². The van der Waals surface area contributed by atoms with Crippen molar-refractivity contribution in [3.8, 4) is 0 Å². The molecule has 1 aromatic carbocycles. The second-order valence-corrected chi connectivity index (χ2v) is 7.16. The number of alkyl halides is 3. The van der Waals surface area contributed by atoms with Gasteiger partial charge in [0, 0.05) is 17.1 Å². The Bertz CT molecular complexity index is 673. The molecular formula is C11H11Cl2F3N2O2S. The first kappa shape index (κ1) is 16.8. The van der Waals surface area contributed by atoms with Gasteiger partial charge in [0.25, 0.3) is 0 Å². The Hall–Kier alpha value is -0.540. The van der Waals surface area contributed by atoms with Crippen LogP contribution in [0.4, 0.5) is 13.2 Å². The normalized spacial score (nSPS) is 17.8. The highest BCUT2D eigenvalue weighted by molar-refractivity contribution is 7.89. The van der Waals surface area contributed by atoms with E-state index in [4.69, 9.17) is 28.9 Å². The molecule has 2 rings (SSSR count). The van der Waals surface area contributed by atoms with Crippen LogP contribution in [0.15, 0.2) is 17.0 Å². The molecule has 0 saturated heterocycles. The summed E-state index contributed by atoms with van der Waals surface area (Å²) in [5.41, 5.74) is 3.17. The van der Waals surface area contributed by atoms with Crippen LogP contribution in [0.25, 0.3) is 0 Å². The molecule has 0 aromatic heterocycles. The van der Waals surface area contributed by atoms with Crippen LogP contribution in [0.2, 0.25) is 10.0 Å². The van der Waals surface area contributed by atoms with Gasteiger partial charge in [-0.1, -0.05) is 23.2 Å². The van der Waals surface area contributed by atoms with Crippen molar-refractivity contribution < 1.29 is 21.6 Å². The van der Waals surface area contributed by atoms with E-state index in [2.05, 4.69) is 0 Å². The molecule has 0 unspecified atom stereocenters. The first-order valence-electron chi connectivity index (χ1n) is 5.82. The average molecular weight is 363 g/mol. The lowest BCUT2D eigenvalue weighted by atomic mass is 10.2. The molecule has 0 heterocycles. The maximum absolute atomic E-state index is 12.9. The number of hydrogen-bond donors (Lipinski definition) is 2. The van der Waals surface area contributed by atoms with Gasteiger partial charge in [-0.2, -0.15) is 17.9 Å². The molecule has 1 aromatic rings. The van der Waals surface area contributed by atoms with Gasteiger partial charge in [0.05, 0.1) is 5.02 Å². The van der Waals surface area contributed by atoms with Gasteiger partial charge < -0.3 is 5.73 Å². The minimum absolute atomic E-state index is 0.133. The lowest BCUT2D eigenvalue weighted by Crippen LogP contribution is -2.47. The largest absolute Gasteiger partial charge is 0.407 e. The van der Waals surface area contributed by atoms with Gasteiger partial charge in [0.2, 0.25) is 10.0 Å². The maximum atomic E-state index is 12.9. The Morgan fingerprint density at radius 2 is 1.86 bits per heavy atom. The van der Waals surface area contributed by atoms with Crippen LogP contribution >= 0.6 is 23.2 Å². The first-order chi connectivity index (χ1) is 9.54. The summed E-state index contributed by atoms with van der Waals surface area (Å²) in [5, 5.41) is -0.117. The third-order valence-corrected chi connectivity index (χ3v) is 5.74. The van der Waals surface area contributed by atoms with Crippen LogP contribution < -0.4 is 10.5 Å². The highest BCUT2D eigenvalue weighted by Gasteiger charge is 2.65. The summed E-state index contributed by atoms with van der Waals surface area (Å²) in [5.74, 6) is 0. The van der Waals surface area contributed by atoms with Crippen molar-refractivity contribution in [2.24, 2.45) is 5.73 Å². The zero-order chi connectivity index (χ0) is 16.1. The number of halogens is 5. The van der Waals surface area contributed by atoms with E-state index in [1.165, 1.54) is 6.07 Å². The predicted octanol–water partition coefficient (Wildman–Crippen LogP) is 2.83. The highest BCUT2D eigenvalue weighted by atomic mass is 35.5. The van der Waals surface area contributed by atoms with Gasteiger partial charge in [-0.05, 0) is 25.0 Å². The zero-order valence-electron chi connectivity index (χ0n) is 10.5.